The first-order chi connectivity index (χ1) is 21.6. The summed E-state index contributed by atoms with van der Waals surface area (Å²) in [7, 11) is -2.85. The summed E-state index contributed by atoms with van der Waals surface area (Å²) >= 11 is 0. The second kappa shape index (κ2) is 15.8. The Morgan fingerprint density at radius 1 is 1.09 bits per heavy atom. The molecule has 5 amide bonds. The maximum atomic E-state index is 14.2. The van der Waals surface area contributed by atoms with Crippen molar-refractivity contribution in [3.05, 3.63) is 12.7 Å². The number of amides is 5. The third-order valence-corrected chi connectivity index (χ3v) is 12.2. The van der Waals surface area contributed by atoms with Crippen LogP contribution in [0.5, 0.6) is 0 Å². The van der Waals surface area contributed by atoms with Crippen LogP contribution in [0.2, 0.25) is 0 Å². The average molecular weight is 665 g/mol. The lowest BCUT2D eigenvalue weighted by atomic mass is 9.78. The summed E-state index contributed by atoms with van der Waals surface area (Å²) < 4.78 is 21.7. The summed E-state index contributed by atoms with van der Waals surface area (Å²) in [6.07, 6.45) is 8.88. The summed E-state index contributed by atoms with van der Waals surface area (Å²) in [5.74, 6) is -2.12. The number of unbranched alkanes of at least 4 members (excludes halogenated alkanes) is 1. The Morgan fingerprint density at radius 3 is 2.33 bits per heavy atom. The molecule has 3 fully saturated rings. The first kappa shape index (κ1) is 37.5. The van der Waals surface area contributed by atoms with Crippen molar-refractivity contribution in [2.45, 2.75) is 134 Å². The van der Waals surface area contributed by atoms with Gasteiger partial charge in [0.05, 0.1) is 16.8 Å². The molecule has 1 saturated carbocycles. The fraction of sp³-hybridized carbons (Fsp3) is 0.788. The van der Waals surface area contributed by atoms with Gasteiger partial charge in [0, 0.05) is 28.6 Å². The Kier molecular flexibility index (Phi) is 12.8. The predicted molar refractivity (Wildman–Crippen MR) is 178 cm³/mol. The van der Waals surface area contributed by atoms with E-state index in [9.17, 15) is 28.2 Å². The number of nitrogens with one attached hydrogen (secondary N) is 5. The van der Waals surface area contributed by atoms with Crippen LogP contribution in [0.1, 0.15) is 105 Å². The molecule has 12 nitrogen and oxygen atoms in total. The fourth-order valence-electron chi connectivity index (χ4n) is 7.27. The van der Waals surface area contributed by atoms with E-state index in [4.69, 9.17) is 4.78 Å². The van der Waals surface area contributed by atoms with Gasteiger partial charge in [0.25, 0.3) is 5.91 Å². The topological polar surface area (TPSA) is 178 Å². The monoisotopic (exact) mass is 664 g/mol. The molecule has 3 aliphatic rings. The van der Waals surface area contributed by atoms with Gasteiger partial charge in [0.15, 0.2) is 0 Å². The highest BCUT2D eigenvalue weighted by atomic mass is 32.2. The SMILES string of the molecule is C=CCNC(=O)C(=O)[C@H](CCCC)NC(=O)[C@@H]1C[C@@H](C)CN1C(=O)[C@@H](NC(=O)NC1(C2CCCS2(=N)=O)CCCCC1)C(C)(C)C. The molecular formula is C33H56N6O6S. The van der Waals surface area contributed by atoms with E-state index in [2.05, 4.69) is 27.8 Å². The minimum atomic E-state index is -2.85. The standard InChI is InChI=1S/C33H56N6O6S/c1-7-9-14-23(26(40)29(42)35-18-8-2)36-28(41)24-20-22(3)21-39(24)30(43)27(32(4,5)6)37-31(44)38-33(16-11-10-12-17-33)25-15-13-19-46(25,34)45/h8,22-25,27,34H,2,7,9-21H2,1,3-6H3,(H,35,42)(H,36,41)(H2,37,38,44)/t22-,23+,24+,25?,27-,46?/m1/s1. The number of hydrogen-bond donors (Lipinski definition) is 5. The van der Waals surface area contributed by atoms with Crippen molar-refractivity contribution in [2.75, 3.05) is 18.8 Å². The molecule has 0 bridgehead atoms. The highest BCUT2D eigenvalue weighted by molar-refractivity contribution is 7.93. The molecule has 2 unspecified atom stereocenters. The zero-order chi connectivity index (χ0) is 34.3. The van der Waals surface area contributed by atoms with Crippen molar-refractivity contribution in [2.24, 2.45) is 11.3 Å². The summed E-state index contributed by atoms with van der Waals surface area (Å²) in [5.41, 5.74) is -1.48. The van der Waals surface area contributed by atoms with E-state index >= 15 is 0 Å². The van der Waals surface area contributed by atoms with Gasteiger partial charge in [-0.2, -0.15) is 0 Å². The molecule has 3 rings (SSSR count). The Labute approximate surface area is 275 Å². The number of likely N-dealkylation sites (tertiary alicyclic amines) is 1. The first-order valence-corrected chi connectivity index (χ1v) is 18.7. The molecule has 2 aliphatic heterocycles. The molecule has 0 spiro atoms. The summed E-state index contributed by atoms with van der Waals surface area (Å²) in [4.78, 5) is 68.4. The number of nitrogens with zero attached hydrogens (tertiary/aromatic N) is 1. The second-order valence-electron chi connectivity index (χ2n) is 14.6. The molecule has 0 aromatic heterocycles. The van der Waals surface area contributed by atoms with Crippen LogP contribution < -0.4 is 21.3 Å². The largest absolute Gasteiger partial charge is 0.346 e. The maximum Gasteiger partial charge on any atom is 0.315 e. The highest BCUT2D eigenvalue weighted by Gasteiger charge is 2.49. The van der Waals surface area contributed by atoms with E-state index in [1.165, 1.54) is 11.0 Å². The van der Waals surface area contributed by atoms with Crippen molar-refractivity contribution >= 4 is 39.3 Å². The molecule has 6 atom stereocenters. The minimum absolute atomic E-state index is 0.00657. The Bertz CT molecular complexity index is 1260. The van der Waals surface area contributed by atoms with E-state index in [1.807, 2.05) is 34.6 Å². The predicted octanol–water partition coefficient (Wildman–Crippen LogP) is 3.40. The van der Waals surface area contributed by atoms with Gasteiger partial charge in [-0.3, -0.25) is 24.0 Å². The smallest absolute Gasteiger partial charge is 0.315 e. The quantitative estimate of drug-likeness (QED) is 0.149. The molecule has 5 N–H and O–H groups in total. The minimum Gasteiger partial charge on any atom is -0.346 e. The molecule has 1 aliphatic carbocycles. The number of carbonyl (C=O) groups excluding carboxylic acids is 5. The van der Waals surface area contributed by atoms with E-state index in [0.717, 1.165) is 25.7 Å². The Morgan fingerprint density at radius 2 is 1.76 bits per heavy atom. The normalized spacial score (nSPS) is 27.2. The van der Waals surface area contributed by atoms with Crippen molar-refractivity contribution in [3.63, 3.8) is 0 Å². The van der Waals surface area contributed by atoms with Gasteiger partial charge in [-0.25, -0.2) is 9.00 Å². The molecule has 0 radical (unpaired) electrons. The third kappa shape index (κ3) is 9.10. The molecule has 260 valence electrons. The van der Waals surface area contributed by atoms with Gasteiger partial charge >= 0.3 is 6.03 Å². The first-order valence-electron chi connectivity index (χ1n) is 16.9. The summed E-state index contributed by atoms with van der Waals surface area (Å²) in [6, 6.07) is -3.43. The van der Waals surface area contributed by atoms with Crippen LogP contribution in [0.4, 0.5) is 4.79 Å². The van der Waals surface area contributed by atoms with Crippen LogP contribution in [0, 0.1) is 16.1 Å². The molecule has 0 aromatic carbocycles. The number of hydrogen-bond acceptors (Lipinski definition) is 7. The van der Waals surface area contributed by atoms with E-state index in [0.29, 0.717) is 57.2 Å². The zero-order valence-corrected chi connectivity index (χ0v) is 29.2. The number of carbonyl (C=O) groups is 5. The highest BCUT2D eigenvalue weighted by Crippen LogP contribution is 2.40. The molecule has 2 saturated heterocycles. The van der Waals surface area contributed by atoms with Gasteiger partial charge in [-0.15, -0.1) is 6.58 Å². The van der Waals surface area contributed by atoms with E-state index in [1.54, 1.807) is 0 Å². The van der Waals surface area contributed by atoms with Crippen molar-refractivity contribution in [1.82, 2.24) is 26.2 Å². The van der Waals surface area contributed by atoms with Crippen molar-refractivity contribution < 1.29 is 28.2 Å². The van der Waals surface area contributed by atoms with Gasteiger partial charge in [-0.1, -0.05) is 72.8 Å². The molecular weight excluding hydrogens is 608 g/mol. The van der Waals surface area contributed by atoms with E-state index in [-0.39, 0.29) is 12.5 Å². The maximum absolute atomic E-state index is 14.2. The van der Waals surface area contributed by atoms with Crippen molar-refractivity contribution in [1.29, 1.82) is 4.78 Å². The number of urea groups is 1. The number of ketones is 1. The lowest BCUT2D eigenvalue weighted by Crippen LogP contribution is -2.64. The number of rotatable bonds is 13. The van der Waals surface area contributed by atoms with Gasteiger partial charge in [0.2, 0.25) is 17.6 Å². The third-order valence-electron chi connectivity index (χ3n) is 9.69. The summed E-state index contributed by atoms with van der Waals surface area (Å²) in [5, 5.41) is 10.8. The van der Waals surface area contributed by atoms with E-state index < -0.39 is 73.6 Å². The van der Waals surface area contributed by atoms with Crippen LogP contribution in [0.25, 0.3) is 0 Å². The summed E-state index contributed by atoms with van der Waals surface area (Å²) in [6.45, 7) is 13.4. The lowest BCUT2D eigenvalue weighted by Gasteiger charge is -2.43. The van der Waals surface area contributed by atoms with Crippen LogP contribution in [0.3, 0.4) is 0 Å². The molecule has 2 heterocycles. The zero-order valence-electron chi connectivity index (χ0n) is 28.4. The fourth-order valence-corrected chi connectivity index (χ4v) is 9.72. The van der Waals surface area contributed by atoms with Gasteiger partial charge < -0.3 is 26.2 Å². The van der Waals surface area contributed by atoms with Crippen LogP contribution >= 0.6 is 0 Å². The van der Waals surface area contributed by atoms with Crippen LogP contribution in [-0.4, -0.2) is 86.4 Å². The molecule has 46 heavy (non-hydrogen) atoms. The second-order valence-corrected chi connectivity index (χ2v) is 17.0. The number of Topliss-reactive ketones (excluding diaryl/α,β-unsaturated/α-hetero) is 1. The van der Waals surface area contributed by atoms with Crippen LogP contribution in [0.15, 0.2) is 12.7 Å². The van der Waals surface area contributed by atoms with Crippen LogP contribution in [-0.2, 0) is 28.9 Å². The Hall–Kier alpha value is -2.96. The van der Waals surface area contributed by atoms with Gasteiger partial charge in [-0.05, 0) is 49.9 Å². The average Bonchev–Trinajstić information content (AvgIpc) is 3.57. The molecule has 13 heteroatoms. The van der Waals surface area contributed by atoms with Crippen molar-refractivity contribution in [3.8, 4) is 0 Å². The van der Waals surface area contributed by atoms with Gasteiger partial charge in [0.1, 0.15) is 12.1 Å². The Balaban J connectivity index is 1.80. The molecule has 0 aromatic rings. The lowest BCUT2D eigenvalue weighted by molar-refractivity contribution is -0.143.